The fraction of sp³-hybridized carbons (Fsp3) is 0.714. The van der Waals surface area contributed by atoms with E-state index in [0.29, 0.717) is 11.3 Å². The smallest absolute Gasteiger partial charge is 0.108 e. The van der Waals surface area contributed by atoms with Gasteiger partial charge in [0.25, 0.3) is 0 Å². The first-order valence-electron chi connectivity index (χ1n) is 6.87. The van der Waals surface area contributed by atoms with Gasteiger partial charge in [0.15, 0.2) is 0 Å². The second kappa shape index (κ2) is 5.98. The summed E-state index contributed by atoms with van der Waals surface area (Å²) in [5, 5.41) is 17.7. The molecule has 1 heterocycles. The lowest BCUT2D eigenvalue weighted by molar-refractivity contribution is 0.284. The van der Waals surface area contributed by atoms with Crippen molar-refractivity contribution in [2.75, 3.05) is 0 Å². The molecule has 1 N–H and O–H groups in total. The zero-order valence-electron chi connectivity index (χ0n) is 11.9. The summed E-state index contributed by atoms with van der Waals surface area (Å²) in [6, 6.07) is 2.87. The fourth-order valence-corrected chi connectivity index (χ4v) is 4.15. The molecule has 2 unspecified atom stereocenters. The lowest BCUT2D eigenvalue weighted by Crippen LogP contribution is -2.51. The Balaban J connectivity index is 2.02. The van der Waals surface area contributed by atoms with Crippen LogP contribution in [0.15, 0.2) is 17.3 Å². The van der Waals surface area contributed by atoms with E-state index in [9.17, 15) is 5.26 Å². The molecule has 2 atom stereocenters. The third kappa shape index (κ3) is 3.74. The van der Waals surface area contributed by atoms with Crippen LogP contribution in [0, 0.1) is 11.3 Å². The average molecular weight is 278 g/mol. The Morgan fingerprint density at radius 1 is 1.63 bits per heavy atom. The van der Waals surface area contributed by atoms with Crippen molar-refractivity contribution in [1.82, 2.24) is 15.1 Å². The maximum atomic E-state index is 9.54. The van der Waals surface area contributed by atoms with E-state index in [4.69, 9.17) is 0 Å². The summed E-state index contributed by atoms with van der Waals surface area (Å²) in [6.07, 6.45) is 8.13. The van der Waals surface area contributed by atoms with Crippen molar-refractivity contribution in [1.29, 1.82) is 5.26 Å². The Bertz CT molecular complexity index is 462. The van der Waals surface area contributed by atoms with E-state index in [1.807, 2.05) is 35.9 Å². The molecule has 1 aromatic heterocycles. The van der Waals surface area contributed by atoms with Crippen LogP contribution in [0.1, 0.15) is 39.5 Å². The first-order valence-corrected chi connectivity index (χ1v) is 7.75. The van der Waals surface area contributed by atoms with Crippen molar-refractivity contribution in [3.8, 4) is 6.07 Å². The predicted octanol–water partition coefficient (Wildman–Crippen LogP) is 2.72. The lowest BCUT2D eigenvalue weighted by Gasteiger charge is -2.37. The summed E-state index contributed by atoms with van der Waals surface area (Å²) in [7, 11) is 1.94. The summed E-state index contributed by atoms with van der Waals surface area (Å²) in [4.78, 5) is 1.20. The highest BCUT2D eigenvalue weighted by molar-refractivity contribution is 8.00. The normalized spacial score (nSPS) is 27.4. The van der Waals surface area contributed by atoms with Crippen LogP contribution in [-0.2, 0) is 7.05 Å². The molecular formula is C14H22N4S. The Morgan fingerprint density at radius 2 is 2.42 bits per heavy atom. The highest BCUT2D eigenvalue weighted by Crippen LogP contribution is 2.38. The molecule has 0 spiro atoms. The van der Waals surface area contributed by atoms with Crippen LogP contribution in [0.25, 0.3) is 0 Å². The summed E-state index contributed by atoms with van der Waals surface area (Å²) in [5.74, 6) is 0. The van der Waals surface area contributed by atoms with Gasteiger partial charge in [-0.25, -0.2) is 0 Å². The monoisotopic (exact) mass is 278 g/mol. The largest absolute Gasteiger partial charge is 0.297 e. The molecule has 4 nitrogen and oxygen atoms in total. The van der Waals surface area contributed by atoms with E-state index < -0.39 is 0 Å². The molecule has 0 saturated heterocycles. The number of hydrogen-bond donors (Lipinski definition) is 1. The van der Waals surface area contributed by atoms with E-state index in [1.54, 1.807) is 0 Å². The fourth-order valence-electron chi connectivity index (χ4n) is 2.79. The van der Waals surface area contributed by atoms with Crippen molar-refractivity contribution in [3.63, 3.8) is 0 Å². The molecule has 1 aliphatic carbocycles. The van der Waals surface area contributed by atoms with Crippen LogP contribution in [0.2, 0.25) is 0 Å². The number of nitrogens with zero attached hydrogens (tertiary/aromatic N) is 3. The molecule has 1 aliphatic rings. The molecule has 0 radical (unpaired) electrons. The molecule has 1 fully saturated rings. The van der Waals surface area contributed by atoms with Crippen molar-refractivity contribution in [3.05, 3.63) is 12.4 Å². The van der Waals surface area contributed by atoms with Gasteiger partial charge in [0.1, 0.15) is 5.54 Å². The van der Waals surface area contributed by atoms with Gasteiger partial charge in [-0.2, -0.15) is 10.4 Å². The van der Waals surface area contributed by atoms with Crippen molar-refractivity contribution < 1.29 is 0 Å². The SMILES string of the molecule is CC(C)NC1(C#N)CCCC(Sc2cnn(C)c2)C1. The Hall–Kier alpha value is -0.990. The van der Waals surface area contributed by atoms with Gasteiger partial charge in [-0.3, -0.25) is 10.00 Å². The molecule has 1 aromatic rings. The summed E-state index contributed by atoms with van der Waals surface area (Å²) in [5.41, 5.74) is -0.341. The number of rotatable bonds is 4. The highest BCUT2D eigenvalue weighted by atomic mass is 32.2. The minimum Gasteiger partial charge on any atom is -0.297 e. The van der Waals surface area contributed by atoms with Gasteiger partial charge in [-0.15, -0.1) is 11.8 Å². The first kappa shape index (κ1) is 14.4. The predicted molar refractivity (Wildman–Crippen MR) is 77.9 cm³/mol. The number of aryl methyl sites for hydroxylation is 1. The van der Waals surface area contributed by atoms with Crippen LogP contribution in [-0.4, -0.2) is 26.6 Å². The van der Waals surface area contributed by atoms with Gasteiger partial charge in [0.2, 0.25) is 0 Å². The van der Waals surface area contributed by atoms with Gasteiger partial charge in [0.05, 0.1) is 12.3 Å². The van der Waals surface area contributed by atoms with E-state index in [-0.39, 0.29) is 5.54 Å². The zero-order valence-corrected chi connectivity index (χ0v) is 12.7. The van der Waals surface area contributed by atoms with Crippen molar-refractivity contribution >= 4 is 11.8 Å². The Kier molecular flexibility index (Phi) is 4.54. The van der Waals surface area contributed by atoms with E-state index >= 15 is 0 Å². The molecule has 5 heteroatoms. The van der Waals surface area contributed by atoms with Gasteiger partial charge in [-0.05, 0) is 39.5 Å². The van der Waals surface area contributed by atoms with Gasteiger partial charge >= 0.3 is 0 Å². The number of nitrogens with one attached hydrogen (secondary N) is 1. The Labute approximate surface area is 119 Å². The number of aromatic nitrogens is 2. The van der Waals surface area contributed by atoms with Crippen LogP contribution in [0.5, 0.6) is 0 Å². The second-order valence-electron chi connectivity index (χ2n) is 5.68. The van der Waals surface area contributed by atoms with E-state index in [0.717, 1.165) is 19.3 Å². The molecule has 104 valence electrons. The van der Waals surface area contributed by atoms with Gasteiger partial charge in [-0.1, -0.05) is 0 Å². The standard InChI is InChI=1S/C14H22N4S/c1-11(2)17-14(10-15)6-4-5-12(7-14)19-13-8-16-18(3)9-13/h8-9,11-12,17H,4-7H2,1-3H3. The topological polar surface area (TPSA) is 53.6 Å². The maximum absolute atomic E-state index is 9.54. The van der Waals surface area contributed by atoms with Gasteiger partial charge in [0, 0.05) is 29.4 Å². The van der Waals surface area contributed by atoms with Crippen LogP contribution in [0.3, 0.4) is 0 Å². The third-order valence-corrected chi connectivity index (χ3v) is 4.69. The first-order chi connectivity index (χ1) is 9.03. The minimum absolute atomic E-state index is 0.341. The van der Waals surface area contributed by atoms with Crippen LogP contribution < -0.4 is 5.32 Å². The number of hydrogen-bond acceptors (Lipinski definition) is 4. The highest BCUT2D eigenvalue weighted by Gasteiger charge is 2.37. The van der Waals surface area contributed by atoms with Crippen molar-refractivity contribution in [2.45, 2.75) is 61.3 Å². The quantitative estimate of drug-likeness (QED) is 0.920. The summed E-state index contributed by atoms with van der Waals surface area (Å²) < 4.78 is 1.83. The third-order valence-electron chi connectivity index (χ3n) is 3.47. The molecule has 0 aromatic carbocycles. The molecule has 0 amide bonds. The summed E-state index contributed by atoms with van der Waals surface area (Å²) in [6.45, 7) is 4.22. The molecule has 0 aliphatic heterocycles. The second-order valence-corrected chi connectivity index (χ2v) is 7.05. The number of nitriles is 1. The molecule has 2 rings (SSSR count). The van der Waals surface area contributed by atoms with Crippen LogP contribution in [0.4, 0.5) is 0 Å². The van der Waals surface area contributed by atoms with Gasteiger partial charge < -0.3 is 0 Å². The molecular weight excluding hydrogens is 256 g/mol. The van der Waals surface area contributed by atoms with Crippen LogP contribution >= 0.6 is 11.8 Å². The minimum atomic E-state index is -0.341. The molecule has 1 saturated carbocycles. The lowest BCUT2D eigenvalue weighted by atomic mass is 9.82. The zero-order chi connectivity index (χ0) is 13.9. The van der Waals surface area contributed by atoms with E-state index in [2.05, 4.69) is 30.3 Å². The molecule has 19 heavy (non-hydrogen) atoms. The van der Waals surface area contributed by atoms with E-state index in [1.165, 1.54) is 11.3 Å². The van der Waals surface area contributed by atoms with Crippen molar-refractivity contribution in [2.24, 2.45) is 7.05 Å². The number of thioether (sulfide) groups is 1. The maximum Gasteiger partial charge on any atom is 0.108 e. The average Bonchev–Trinajstić information content (AvgIpc) is 2.74. The molecule has 0 bridgehead atoms. The Morgan fingerprint density at radius 3 is 3.00 bits per heavy atom. The summed E-state index contributed by atoms with van der Waals surface area (Å²) >= 11 is 1.86.